The van der Waals surface area contributed by atoms with Crippen LogP contribution >= 0.6 is 0 Å². The Morgan fingerprint density at radius 1 is 1.50 bits per heavy atom. The molecule has 0 saturated heterocycles. The fraction of sp³-hybridized carbons (Fsp3) is 0.455. The molecule has 1 aromatic carbocycles. The topological polar surface area (TPSA) is 76.9 Å². The maximum absolute atomic E-state index is 10.7. The largest absolute Gasteiger partial charge is 0.382 e. The number of anilines is 1. The zero-order valence-electron chi connectivity index (χ0n) is 10.1. The molecule has 0 fully saturated rings. The summed E-state index contributed by atoms with van der Waals surface area (Å²) < 4.78 is 10.2. The predicted octanol–water partition coefficient (Wildman–Crippen LogP) is 1.36. The molecule has 18 heavy (non-hydrogen) atoms. The SMILES string of the molecule is COCCOCN1Cc2cc([N+](=O)[O-])ccc2N1. The summed E-state index contributed by atoms with van der Waals surface area (Å²) in [5.74, 6) is 0. The van der Waals surface area contributed by atoms with E-state index in [9.17, 15) is 10.1 Å². The summed E-state index contributed by atoms with van der Waals surface area (Å²) in [6, 6.07) is 4.78. The van der Waals surface area contributed by atoms with Crippen LogP contribution in [0.25, 0.3) is 0 Å². The van der Waals surface area contributed by atoms with E-state index in [1.54, 1.807) is 19.2 Å². The van der Waals surface area contributed by atoms with Crippen LogP contribution < -0.4 is 5.43 Å². The molecule has 7 nitrogen and oxygen atoms in total. The molecule has 0 bridgehead atoms. The summed E-state index contributed by atoms with van der Waals surface area (Å²) >= 11 is 0. The van der Waals surface area contributed by atoms with Crippen LogP contribution in [-0.2, 0) is 16.0 Å². The highest BCUT2D eigenvalue weighted by atomic mass is 16.6. The quantitative estimate of drug-likeness (QED) is 0.468. The number of nitrogens with zero attached hydrogens (tertiary/aromatic N) is 2. The van der Waals surface area contributed by atoms with E-state index in [1.165, 1.54) is 6.07 Å². The lowest BCUT2D eigenvalue weighted by atomic mass is 10.2. The van der Waals surface area contributed by atoms with E-state index in [2.05, 4.69) is 5.43 Å². The maximum Gasteiger partial charge on any atom is 0.269 e. The van der Waals surface area contributed by atoms with E-state index in [1.807, 2.05) is 5.01 Å². The first kappa shape index (κ1) is 12.7. The van der Waals surface area contributed by atoms with Crippen LogP contribution in [0, 0.1) is 10.1 Å². The van der Waals surface area contributed by atoms with Gasteiger partial charge in [0.25, 0.3) is 5.69 Å². The number of non-ortho nitro benzene ring substituents is 1. The number of fused-ring (bicyclic) bond motifs is 1. The number of hydrogen-bond donors (Lipinski definition) is 1. The van der Waals surface area contributed by atoms with Crippen LogP contribution in [-0.4, -0.2) is 37.0 Å². The van der Waals surface area contributed by atoms with Gasteiger partial charge in [0.15, 0.2) is 0 Å². The van der Waals surface area contributed by atoms with Gasteiger partial charge in [0.2, 0.25) is 0 Å². The Morgan fingerprint density at radius 2 is 2.33 bits per heavy atom. The normalized spacial score (nSPS) is 14.3. The lowest BCUT2D eigenvalue weighted by molar-refractivity contribution is -0.384. The molecule has 2 rings (SSSR count). The van der Waals surface area contributed by atoms with Crippen molar-refractivity contribution in [3.8, 4) is 0 Å². The molecule has 0 atom stereocenters. The standard InChI is InChI=1S/C11H15N3O4/c1-17-4-5-18-8-13-7-9-6-10(14(15)16)2-3-11(9)12-13/h2-3,6,12H,4-5,7-8H2,1H3. The van der Waals surface area contributed by atoms with Crippen LogP contribution in [0.3, 0.4) is 0 Å². The number of nitrogens with one attached hydrogen (secondary N) is 1. The molecule has 0 radical (unpaired) electrons. The third kappa shape index (κ3) is 2.95. The molecule has 98 valence electrons. The minimum absolute atomic E-state index is 0.109. The zero-order chi connectivity index (χ0) is 13.0. The molecule has 0 aliphatic carbocycles. The van der Waals surface area contributed by atoms with Gasteiger partial charge in [0.1, 0.15) is 6.73 Å². The summed E-state index contributed by atoms with van der Waals surface area (Å²) in [4.78, 5) is 10.3. The predicted molar refractivity (Wildman–Crippen MR) is 65.0 cm³/mol. The van der Waals surface area contributed by atoms with E-state index >= 15 is 0 Å². The van der Waals surface area contributed by atoms with Gasteiger partial charge in [-0.15, -0.1) is 0 Å². The molecule has 0 aromatic heterocycles. The zero-order valence-corrected chi connectivity index (χ0v) is 10.1. The summed E-state index contributed by atoms with van der Waals surface area (Å²) in [5, 5.41) is 12.5. The summed E-state index contributed by atoms with van der Waals surface area (Å²) in [6.45, 7) is 2.06. The third-order valence-electron chi connectivity index (χ3n) is 2.62. The summed E-state index contributed by atoms with van der Waals surface area (Å²) in [7, 11) is 1.62. The fourth-order valence-corrected chi connectivity index (χ4v) is 1.74. The minimum Gasteiger partial charge on any atom is -0.382 e. The molecular weight excluding hydrogens is 238 g/mol. The number of benzene rings is 1. The number of hydrogen-bond acceptors (Lipinski definition) is 6. The summed E-state index contributed by atoms with van der Waals surface area (Å²) in [6.07, 6.45) is 0. The first-order chi connectivity index (χ1) is 8.70. The van der Waals surface area contributed by atoms with Crippen molar-refractivity contribution in [2.45, 2.75) is 6.54 Å². The number of nitro groups is 1. The average Bonchev–Trinajstić information content (AvgIpc) is 2.76. The Morgan fingerprint density at radius 3 is 3.06 bits per heavy atom. The van der Waals surface area contributed by atoms with E-state index in [4.69, 9.17) is 9.47 Å². The van der Waals surface area contributed by atoms with Crippen LogP contribution in [0.5, 0.6) is 0 Å². The average molecular weight is 253 g/mol. The van der Waals surface area contributed by atoms with E-state index < -0.39 is 4.92 Å². The van der Waals surface area contributed by atoms with E-state index in [-0.39, 0.29) is 5.69 Å². The van der Waals surface area contributed by atoms with Crippen molar-refractivity contribution in [1.29, 1.82) is 0 Å². The van der Waals surface area contributed by atoms with Crippen LogP contribution in [0.4, 0.5) is 11.4 Å². The molecule has 1 aromatic rings. The van der Waals surface area contributed by atoms with Gasteiger partial charge < -0.3 is 14.9 Å². The second-order valence-corrected chi connectivity index (χ2v) is 3.94. The molecular formula is C11H15N3O4. The maximum atomic E-state index is 10.7. The van der Waals surface area contributed by atoms with Gasteiger partial charge in [-0.2, -0.15) is 5.01 Å². The molecule has 0 unspecified atom stereocenters. The molecule has 0 amide bonds. The number of nitro benzene ring substituents is 1. The third-order valence-corrected chi connectivity index (χ3v) is 2.62. The van der Waals surface area contributed by atoms with Crippen molar-refractivity contribution in [1.82, 2.24) is 5.01 Å². The molecule has 0 spiro atoms. The van der Waals surface area contributed by atoms with Crippen molar-refractivity contribution >= 4 is 11.4 Å². The summed E-state index contributed by atoms with van der Waals surface area (Å²) in [5.41, 5.74) is 5.02. The van der Waals surface area contributed by atoms with Crippen molar-refractivity contribution in [2.24, 2.45) is 0 Å². The fourth-order valence-electron chi connectivity index (χ4n) is 1.74. The molecule has 1 N–H and O–H groups in total. The highest BCUT2D eigenvalue weighted by molar-refractivity contribution is 5.57. The van der Waals surface area contributed by atoms with Gasteiger partial charge in [-0.1, -0.05) is 0 Å². The van der Waals surface area contributed by atoms with E-state index in [0.717, 1.165) is 11.3 Å². The number of methoxy groups -OCH3 is 1. The lowest BCUT2D eigenvalue weighted by Gasteiger charge is -2.15. The monoisotopic (exact) mass is 253 g/mol. The van der Waals surface area contributed by atoms with Gasteiger partial charge in [-0.05, 0) is 11.6 Å². The van der Waals surface area contributed by atoms with Crippen LogP contribution in [0.1, 0.15) is 5.56 Å². The molecule has 1 aliphatic rings. The van der Waals surface area contributed by atoms with Gasteiger partial charge in [0, 0.05) is 25.8 Å². The van der Waals surface area contributed by atoms with Crippen molar-refractivity contribution < 1.29 is 14.4 Å². The second-order valence-electron chi connectivity index (χ2n) is 3.94. The first-order valence-electron chi connectivity index (χ1n) is 5.56. The van der Waals surface area contributed by atoms with Crippen molar-refractivity contribution in [3.05, 3.63) is 33.9 Å². The first-order valence-corrected chi connectivity index (χ1v) is 5.56. The lowest BCUT2D eigenvalue weighted by Crippen LogP contribution is -2.27. The van der Waals surface area contributed by atoms with E-state index in [0.29, 0.717) is 26.5 Å². The number of rotatable bonds is 6. The molecule has 7 heteroatoms. The number of hydrazine groups is 1. The Bertz CT molecular complexity index is 438. The molecule has 0 saturated carbocycles. The van der Waals surface area contributed by atoms with Gasteiger partial charge in [-0.3, -0.25) is 10.1 Å². The highest BCUT2D eigenvalue weighted by Crippen LogP contribution is 2.28. The van der Waals surface area contributed by atoms with Gasteiger partial charge >= 0.3 is 0 Å². The van der Waals surface area contributed by atoms with Gasteiger partial charge in [0.05, 0.1) is 23.8 Å². The Labute approximate surface area is 104 Å². The Kier molecular flexibility index (Phi) is 4.08. The Hall–Kier alpha value is -1.70. The van der Waals surface area contributed by atoms with Crippen molar-refractivity contribution in [3.63, 3.8) is 0 Å². The second kappa shape index (κ2) is 5.76. The van der Waals surface area contributed by atoms with Gasteiger partial charge in [-0.25, -0.2) is 0 Å². The Balaban J connectivity index is 1.89. The van der Waals surface area contributed by atoms with Crippen LogP contribution in [0.15, 0.2) is 18.2 Å². The van der Waals surface area contributed by atoms with Crippen molar-refractivity contribution in [2.75, 3.05) is 32.5 Å². The smallest absolute Gasteiger partial charge is 0.269 e. The molecule has 1 heterocycles. The number of ether oxygens (including phenoxy) is 2. The van der Waals surface area contributed by atoms with Crippen LogP contribution in [0.2, 0.25) is 0 Å². The highest BCUT2D eigenvalue weighted by Gasteiger charge is 2.20. The molecule has 1 aliphatic heterocycles. The minimum atomic E-state index is -0.391.